The van der Waals surface area contributed by atoms with Crippen LogP contribution in [-0.2, 0) is 10.8 Å². The molecular formula is C65H44N2. The Bertz CT molecular complexity index is 3760. The first-order valence-corrected chi connectivity index (χ1v) is 23.5. The Morgan fingerprint density at radius 3 is 1.52 bits per heavy atom. The third-order valence-corrected chi connectivity index (χ3v) is 15.3. The molecule has 2 heteroatoms. The molecule has 10 aromatic carbocycles. The number of benzene rings is 10. The molecule has 11 aromatic rings. The standard InChI is InChI=1S/C65H44N2/c1-64(2)54-29-15-12-27-49(54)52-40-59-53(39-58(52)64)51-38-37-46(50-28-18-32-57(60(50)51)65(59)55-30-16-13-25-47(55)48-26-14-17-31-56(48)65)41-33-35-44(36-34-41)63-66-61(42-19-6-3-7-20-42)62(43-21-8-4-9-22-43)67(63)45-23-10-5-11-24-45/h3-40H,1-2H3. The van der Waals surface area contributed by atoms with Gasteiger partial charge in [-0.25, -0.2) is 4.98 Å². The van der Waals surface area contributed by atoms with E-state index in [0.29, 0.717) is 0 Å². The second kappa shape index (κ2) is 14.1. The zero-order valence-corrected chi connectivity index (χ0v) is 37.3. The van der Waals surface area contributed by atoms with Crippen molar-refractivity contribution >= 4 is 10.8 Å². The molecular weight excluding hydrogens is 809 g/mol. The van der Waals surface area contributed by atoms with Crippen LogP contribution in [0.3, 0.4) is 0 Å². The van der Waals surface area contributed by atoms with Crippen molar-refractivity contribution in [3.63, 3.8) is 0 Å². The van der Waals surface area contributed by atoms with E-state index in [2.05, 4.69) is 249 Å². The number of nitrogens with zero attached hydrogens (tertiary/aromatic N) is 2. The third-order valence-electron chi connectivity index (χ3n) is 15.3. The predicted octanol–water partition coefficient (Wildman–Crippen LogP) is 16.3. The molecule has 0 saturated heterocycles. The first kappa shape index (κ1) is 38.0. The first-order valence-electron chi connectivity index (χ1n) is 23.5. The topological polar surface area (TPSA) is 17.8 Å². The molecule has 14 rings (SSSR count). The molecule has 314 valence electrons. The van der Waals surface area contributed by atoms with Gasteiger partial charge in [0, 0.05) is 27.8 Å². The molecule has 0 atom stereocenters. The van der Waals surface area contributed by atoms with Crippen LogP contribution in [0.5, 0.6) is 0 Å². The van der Waals surface area contributed by atoms with Crippen LogP contribution >= 0.6 is 0 Å². The fourth-order valence-electron chi connectivity index (χ4n) is 12.3. The summed E-state index contributed by atoms with van der Waals surface area (Å²) in [5.41, 5.74) is 24.3. The molecule has 0 fully saturated rings. The number of imidazole rings is 1. The second-order valence-corrected chi connectivity index (χ2v) is 19.0. The van der Waals surface area contributed by atoms with Crippen LogP contribution in [0.4, 0.5) is 0 Å². The molecule has 1 spiro atoms. The van der Waals surface area contributed by atoms with Gasteiger partial charge in [-0.15, -0.1) is 0 Å². The minimum absolute atomic E-state index is 0.129. The molecule has 1 aromatic heterocycles. The van der Waals surface area contributed by atoms with Crippen LogP contribution in [0, 0.1) is 0 Å². The summed E-state index contributed by atoms with van der Waals surface area (Å²) < 4.78 is 2.33. The lowest BCUT2D eigenvalue weighted by molar-refractivity contribution is 0.659. The maximum atomic E-state index is 5.51. The van der Waals surface area contributed by atoms with E-state index < -0.39 is 5.41 Å². The lowest BCUT2D eigenvalue weighted by Gasteiger charge is -2.41. The summed E-state index contributed by atoms with van der Waals surface area (Å²) in [6.45, 7) is 4.80. The lowest BCUT2D eigenvalue weighted by Crippen LogP contribution is -2.32. The smallest absolute Gasteiger partial charge is 0.145 e. The van der Waals surface area contributed by atoms with E-state index >= 15 is 0 Å². The quantitative estimate of drug-likeness (QED) is 0.169. The highest BCUT2D eigenvalue weighted by Gasteiger charge is 2.51. The zero-order chi connectivity index (χ0) is 44.4. The van der Waals surface area contributed by atoms with Crippen molar-refractivity contribution in [2.24, 2.45) is 0 Å². The fraction of sp³-hybridized carbons (Fsp3) is 0.0615. The van der Waals surface area contributed by atoms with Gasteiger partial charge in [-0.05, 0) is 113 Å². The van der Waals surface area contributed by atoms with Crippen molar-refractivity contribution in [1.29, 1.82) is 0 Å². The molecule has 67 heavy (non-hydrogen) atoms. The van der Waals surface area contributed by atoms with E-state index in [-0.39, 0.29) is 5.41 Å². The molecule has 0 N–H and O–H groups in total. The van der Waals surface area contributed by atoms with Crippen molar-refractivity contribution in [1.82, 2.24) is 9.55 Å². The van der Waals surface area contributed by atoms with E-state index in [9.17, 15) is 0 Å². The van der Waals surface area contributed by atoms with Gasteiger partial charge in [0.1, 0.15) is 5.82 Å². The predicted molar refractivity (Wildman–Crippen MR) is 277 cm³/mol. The third kappa shape index (κ3) is 5.18. The minimum Gasteiger partial charge on any atom is -0.292 e. The number of fused-ring (bicyclic) bond motifs is 12. The van der Waals surface area contributed by atoms with Gasteiger partial charge in [0.2, 0.25) is 0 Å². The molecule has 3 aliphatic carbocycles. The highest BCUT2D eigenvalue weighted by molar-refractivity contribution is 6.12. The Balaban J connectivity index is 0.996. The largest absolute Gasteiger partial charge is 0.292 e. The van der Waals surface area contributed by atoms with Crippen molar-refractivity contribution < 1.29 is 0 Å². The van der Waals surface area contributed by atoms with E-state index in [1.165, 1.54) is 88.7 Å². The first-order chi connectivity index (χ1) is 33.0. The molecule has 0 unspecified atom stereocenters. The van der Waals surface area contributed by atoms with Gasteiger partial charge in [0.25, 0.3) is 0 Å². The van der Waals surface area contributed by atoms with Gasteiger partial charge in [0.15, 0.2) is 0 Å². The molecule has 1 heterocycles. The molecule has 0 radical (unpaired) electrons. The average Bonchev–Trinajstić information content (AvgIpc) is 4.01. The molecule has 0 saturated carbocycles. The van der Waals surface area contributed by atoms with Crippen LogP contribution in [0.25, 0.3) is 94.9 Å². The Morgan fingerprint density at radius 2 is 0.851 bits per heavy atom. The van der Waals surface area contributed by atoms with E-state index in [1.807, 2.05) is 0 Å². The van der Waals surface area contributed by atoms with Gasteiger partial charge < -0.3 is 0 Å². The van der Waals surface area contributed by atoms with Gasteiger partial charge in [-0.3, -0.25) is 4.57 Å². The SMILES string of the molecule is CC1(C)c2ccccc2-c2cc3c(cc21)-c1ccc(-c2ccc(-c4nc(-c5ccccc5)c(-c5ccccc5)n4-c4ccccc4)cc2)c2cccc(c12)C31c2ccccc2-c2ccccc21. The summed E-state index contributed by atoms with van der Waals surface area (Å²) in [4.78, 5) is 5.51. The van der Waals surface area contributed by atoms with Crippen molar-refractivity contribution in [2.75, 3.05) is 0 Å². The van der Waals surface area contributed by atoms with Gasteiger partial charge >= 0.3 is 0 Å². The van der Waals surface area contributed by atoms with E-state index in [1.54, 1.807) is 0 Å². The summed E-state index contributed by atoms with van der Waals surface area (Å²) in [5, 5.41) is 2.59. The number of para-hydroxylation sites is 1. The number of hydrogen-bond acceptors (Lipinski definition) is 1. The van der Waals surface area contributed by atoms with Crippen LogP contribution in [0.1, 0.15) is 47.2 Å². The number of rotatable bonds is 5. The van der Waals surface area contributed by atoms with Gasteiger partial charge in [-0.1, -0.05) is 220 Å². The fourth-order valence-corrected chi connectivity index (χ4v) is 12.3. The molecule has 2 nitrogen and oxygen atoms in total. The van der Waals surface area contributed by atoms with Gasteiger partial charge in [0.05, 0.1) is 16.8 Å². The summed E-state index contributed by atoms with van der Waals surface area (Å²) in [5.74, 6) is 0.905. The molecule has 0 bridgehead atoms. The summed E-state index contributed by atoms with van der Waals surface area (Å²) in [7, 11) is 0. The van der Waals surface area contributed by atoms with Crippen LogP contribution in [-0.4, -0.2) is 9.55 Å². The van der Waals surface area contributed by atoms with Crippen molar-refractivity contribution in [2.45, 2.75) is 24.7 Å². The Labute approximate surface area is 391 Å². The van der Waals surface area contributed by atoms with Crippen molar-refractivity contribution in [3.8, 4) is 84.1 Å². The Hall–Kier alpha value is -8.33. The van der Waals surface area contributed by atoms with Crippen LogP contribution in [0.2, 0.25) is 0 Å². The maximum absolute atomic E-state index is 5.51. The van der Waals surface area contributed by atoms with Crippen LogP contribution < -0.4 is 0 Å². The Kier molecular flexibility index (Phi) is 7.99. The van der Waals surface area contributed by atoms with Gasteiger partial charge in [-0.2, -0.15) is 0 Å². The average molecular weight is 853 g/mol. The summed E-state index contributed by atoms with van der Waals surface area (Å²) in [6, 6.07) is 85.4. The minimum atomic E-state index is -0.504. The van der Waals surface area contributed by atoms with E-state index in [0.717, 1.165) is 39.6 Å². The monoisotopic (exact) mass is 852 g/mol. The lowest BCUT2D eigenvalue weighted by atomic mass is 9.60. The Morgan fingerprint density at radius 1 is 0.343 bits per heavy atom. The maximum Gasteiger partial charge on any atom is 0.145 e. The summed E-state index contributed by atoms with van der Waals surface area (Å²) >= 11 is 0. The molecule has 0 aliphatic heterocycles. The summed E-state index contributed by atoms with van der Waals surface area (Å²) in [6.07, 6.45) is 0. The molecule has 3 aliphatic rings. The highest BCUT2D eigenvalue weighted by Crippen LogP contribution is 2.64. The highest BCUT2D eigenvalue weighted by atomic mass is 15.1. The normalized spacial score (nSPS) is 14.1. The zero-order valence-electron chi connectivity index (χ0n) is 37.3. The van der Waals surface area contributed by atoms with E-state index in [4.69, 9.17) is 4.98 Å². The van der Waals surface area contributed by atoms with Crippen LogP contribution in [0.15, 0.2) is 231 Å². The van der Waals surface area contributed by atoms with Crippen molar-refractivity contribution in [3.05, 3.63) is 264 Å². The number of aromatic nitrogens is 2. The molecule has 0 amide bonds. The number of hydrogen-bond donors (Lipinski definition) is 0. The second-order valence-electron chi connectivity index (χ2n) is 19.0.